The molecule has 0 saturated carbocycles. The van der Waals surface area contributed by atoms with Crippen LogP contribution < -0.4 is 5.32 Å². The van der Waals surface area contributed by atoms with E-state index in [0.29, 0.717) is 11.3 Å². The molecule has 0 fully saturated rings. The lowest BCUT2D eigenvalue weighted by atomic mass is 10.1. The molecule has 2 aromatic rings. The van der Waals surface area contributed by atoms with Crippen molar-refractivity contribution < 1.29 is 20.1 Å². The Morgan fingerprint density at radius 3 is 2.62 bits per heavy atom. The second-order valence-electron chi connectivity index (χ2n) is 4.20. The van der Waals surface area contributed by atoms with Crippen LogP contribution in [-0.2, 0) is 0 Å². The molecular formula is C16H13NO4. The number of anilines is 1. The van der Waals surface area contributed by atoms with Crippen LogP contribution in [0.3, 0.4) is 0 Å². The van der Waals surface area contributed by atoms with Crippen molar-refractivity contribution in [2.75, 3.05) is 11.9 Å². The molecule has 2 rings (SSSR count). The zero-order chi connectivity index (χ0) is 15.2. The van der Waals surface area contributed by atoms with Crippen molar-refractivity contribution in [3.63, 3.8) is 0 Å². The number of carbonyl (C=O) groups is 1. The molecule has 5 nitrogen and oxygen atoms in total. The monoisotopic (exact) mass is 283 g/mol. The van der Waals surface area contributed by atoms with Gasteiger partial charge in [0.05, 0.1) is 0 Å². The third-order valence-electron chi connectivity index (χ3n) is 2.67. The number of benzene rings is 2. The van der Waals surface area contributed by atoms with E-state index in [1.165, 1.54) is 18.2 Å². The van der Waals surface area contributed by atoms with E-state index in [4.69, 9.17) is 5.11 Å². The maximum absolute atomic E-state index is 12.0. The largest absolute Gasteiger partial charge is 0.504 e. The van der Waals surface area contributed by atoms with E-state index in [9.17, 15) is 15.0 Å². The van der Waals surface area contributed by atoms with Crippen LogP contribution in [0.1, 0.15) is 15.9 Å². The fourth-order valence-electron chi connectivity index (χ4n) is 1.68. The summed E-state index contributed by atoms with van der Waals surface area (Å²) in [5, 5.41) is 29.9. The number of phenolic OH excluding ortho intramolecular Hbond substituents is 2. The highest BCUT2D eigenvalue weighted by Gasteiger charge is 2.09. The van der Waals surface area contributed by atoms with E-state index in [1.807, 2.05) is 0 Å². The summed E-state index contributed by atoms with van der Waals surface area (Å²) in [5.74, 6) is 4.20. The number of amides is 1. The molecule has 0 saturated heterocycles. The van der Waals surface area contributed by atoms with Gasteiger partial charge in [-0.3, -0.25) is 4.79 Å². The SMILES string of the molecule is O=C(Nc1cccc(C#CCO)c1)c1ccc(O)c(O)c1. The highest BCUT2D eigenvalue weighted by Crippen LogP contribution is 2.25. The van der Waals surface area contributed by atoms with Crippen LogP contribution >= 0.6 is 0 Å². The molecule has 4 N–H and O–H groups in total. The molecule has 0 bridgehead atoms. The molecule has 106 valence electrons. The number of aliphatic hydroxyl groups is 1. The van der Waals surface area contributed by atoms with Crippen molar-refractivity contribution in [3.8, 4) is 23.3 Å². The van der Waals surface area contributed by atoms with Crippen LogP contribution in [0, 0.1) is 11.8 Å². The number of nitrogens with one attached hydrogen (secondary N) is 1. The first kappa shape index (κ1) is 14.4. The molecule has 1 amide bonds. The highest BCUT2D eigenvalue weighted by molar-refractivity contribution is 6.04. The minimum absolute atomic E-state index is 0.220. The molecule has 0 heterocycles. The van der Waals surface area contributed by atoms with Crippen molar-refractivity contribution in [1.82, 2.24) is 0 Å². The summed E-state index contributed by atoms with van der Waals surface area (Å²) < 4.78 is 0. The fourth-order valence-corrected chi connectivity index (χ4v) is 1.68. The molecule has 0 aliphatic carbocycles. The number of aromatic hydroxyl groups is 2. The Morgan fingerprint density at radius 2 is 1.90 bits per heavy atom. The lowest BCUT2D eigenvalue weighted by Crippen LogP contribution is -2.11. The van der Waals surface area contributed by atoms with E-state index in [0.717, 1.165) is 0 Å². The van der Waals surface area contributed by atoms with Gasteiger partial charge in [0.15, 0.2) is 11.5 Å². The summed E-state index contributed by atoms with van der Waals surface area (Å²) >= 11 is 0. The Balaban J connectivity index is 2.17. The Labute approximate surface area is 121 Å². The van der Waals surface area contributed by atoms with Crippen molar-refractivity contribution in [2.24, 2.45) is 0 Å². The van der Waals surface area contributed by atoms with Crippen LogP contribution in [0.25, 0.3) is 0 Å². The number of carbonyl (C=O) groups excluding carboxylic acids is 1. The first-order chi connectivity index (χ1) is 10.1. The van der Waals surface area contributed by atoms with Crippen molar-refractivity contribution in [3.05, 3.63) is 53.6 Å². The summed E-state index contributed by atoms with van der Waals surface area (Å²) in [4.78, 5) is 12.0. The summed E-state index contributed by atoms with van der Waals surface area (Å²) in [7, 11) is 0. The topological polar surface area (TPSA) is 89.8 Å². The summed E-state index contributed by atoms with van der Waals surface area (Å²) in [6, 6.07) is 10.7. The number of hydrogen-bond donors (Lipinski definition) is 4. The predicted octanol–water partition coefficient (Wildman–Crippen LogP) is 1.69. The second kappa shape index (κ2) is 6.46. The molecule has 0 aromatic heterocycles. The number of aliphatic hydroxyl groups excluding tert-OH is 1. The third-order valence-corrected chi connectivity index (χ3v) is 2.67. The quantitative estimate of drug-likeness (QED) is 0.499. The van der Waals surface area contributed by atoms with Gasteiger partial charge in [0.1, 0.15) is 6.61 Å². The molecule has 5 heteroatoms. The molecule has 0 unspecified atom stereocenters. The second-order valence-corrected chi connectivity index (χ2v) is 4.20. The van der Waals surface area contributed by atoms with E-state index < -0.39 is 5.91 Å². The van der Waals surface area contributed by atoms with Gasteiger partial charge in [-0.15, -0.1) is 0 Å². The van der Waals surface area contributed by atoms with Crippen molar-refractivity contribution in [2.45, 2.75) is 0 Å². The van der Waals surface area contributed by atoms with Crippen LogP contribution in [0.4, 0.5) is 5.69 Å². The fraction of sp³-hybridized carbons (Fsp3) is 0.0625. The van der Waals surface area contributed by atoms with Crippen LogP contribution in [0.15, 0.2) is 42.5 Å². The maximum Gasteiger partial charge on any atom is 0.255 e. The Morgan fingerprint density at radius 1 is 1.10 bits per heavy atom. The predicted molar refractivity (Wildman–Crippen MR) is 78.1 cm³/mol. The first-order valence-corrected chi connectivity index (χ1v) is 6.13. The van der Waals surface area contributed by atoms with E-state index in [-0.39, 0.29) is 23.7 Å². The molecule has 21 heavy (non-hydrogen) atoms. The maximum atomic E-state index is 12.0. The number of phenols is 2. The average Bonchev–Trinajstić information content (AvgIpc) is 2.48. The zero-order valence-electron chi connectivity index (χ0n) is 11.0. The van der Waals surface area contributed by atoms with Gasteiger partial charge in [-0.05, 0) is 36.4 Å². The average molecular weight is 283 g/mol. The standard InChI is InChI=1S/C16H13NO4/c18-8-2-4-11-3-1-5-13(9-11)17-16(21)12-6-7-14(19)15(20)10-12/h1,3,5-7,9-10,18-20H,8H2,(H,17,21). The van der Waals surface area contributed by atoms with Gasteiger partial charge in [-0.1, -0.05) is 17.9 Å². The molecule has 0 aliphatic rings. The van der Waals surface area contributed by atoms with Gasteiger partial charge in [0.2, 0.25) is 0 Å². The van der Waals surface area contributed by atoms with Gasteiger partial charge in [-0.25, -0.2) is 0 Å². The summed E-state index contributed by atoms with van der Waals surface area (Å²) in [6.45, 7) is -0.233. The smallest absolute Gasteiger partial charge is 0.255 e. The Hall–Kier alpha value is -2.97. The van der Waals surface area contributed by atoms with E-state index in [2.05, 4.69) is 17.2 Å². The van der Waals surface area contributed by atoms with Crippen LogP contribution in [-0.4, -0.2) is 27.8 Å². The minimum Gasteiger partial charge on any atom is -0.504 e. The van der Waals surface area contributed by atoms with Crippen LogP contribution in [0.5, 0.6) is 11.5 Å². The molecule has 0 aliphatic heterocycles. The zero-order valence-corrected chi connectivity index (χ0v) is 11.0. The Bertz CT molecular complexity index is 729. The molecule has 2 aromatic carbocycles. The first-order valence-electron chi connectivity index (χ1n) is 6.13. The summed E-state index contributed by atoms with van der Waals surface area (Å²) in [5.41, 5.74) is 1.42. The third kappa shape index (κ3) is 3.75. The van der Waals surface area contributed by atoms with Gasteiger partial charge in [0.25, 0.3) is 5.91 Å². The van der Waals surface area contributed by atoms with Crippen LogP contribution in [0.2, 0.25) is 0 Å². The molecular weight excluding hydrogens is 270 g/mol. The molecule has 0 spiro atoms. The highest BCUT2D eigenvalue weighted by atomic mass is 16.3. The number of rotatable bonds is 2. The summed E-state index contributed by atoms with van der Waals surface area (Å²) in [6.07, 6.45) is 0. The molecule has 0 atom stereocenters. The van der Waals surface area contributed by atoms with Gasteiger partial charge in [-0.2, -0.15) is 0 Å². The van der Waals surface area contributed by atoms with Gasteiger partial charge < -0.3 is 20.6 Å². The minimum atomic E-state index is -0.419. The Kier molecular flexibility index (Phi) is 4.44. The molecule has 0 radical (unpaired) electrons. The van der Waals surface area contributed by atoms with E-state index in [1.54, 1.807) is 24.3 Å². The lowest BCUT2D eigenvalue weighted by molar-refractivity contribution is 0.102. The lowest BCUT2D eigenvalue weighted by Gasteiger charge is -2.06. The van der Waals surface area contributed by atoms with Crippen molar-refractivity contribution in [1.29, 1.82) is 0 Å². The number of hydrogen-bond acceptors (Lipinski definition) is 4. The van der Waals surface area contributed by atoms with E-state index >= 15 is 0 Å². The van der Waals surface area contributed by atoms with Gasteiger partial charge >= 0.3 is 0 Å². The van der Waals surface area contributed by atoms with Gasteiger partial charge in [0, 0.05) is 16.8 Å². The normalized spacial score (nSPS) is 9.57. The van der Waals surface area contributed by atoms with Crippen molar-refractivity contribution >= 4 is 11.6 Å².